The van der Waals surface area contributed by atoms with Crippen LogP contribution in [0.3, 0.4) is 0 Å². The van der Waals surface area contributed by atoms with Crippen LogP contribution in [0.25, 0.3) is 0 Å². The fourth-order valence-corrected chi connectivity index (χ4v) is 2.13. The number of fused-ring (bicyclic) bond motifs is 1. The molecule has 0 aliphatic heterocycles. The first-order valence-electron chi connectivity index (χ1n) is 4.79. The van der Waals surface area contributed by atoms with Gasteiger partial charge in [0.15, 0.2) is 5.78 Å². The molecule has 0 heterocycles. The third-order valence-corrected chi connectivity index (χ3v) is 2.80. The Morgan fingerprint density at radius 2 is 2.17 bits per heavy atom. The molecule has 0 aromatic heterocycles. The zero-order valence-electron chi connectivity index (χ0n) is 7.25. The lowest BCUT2D eigenvalue weighted by Crippen LogP contribution is -2.09. The molecule has 1 heteroatoms. The number of carbonyl (C=O) groups is 1. The third-order valence-electron chi connectivity index (χ3n) is 2.80. The Morgan fingerprint density at radius 1 is 1.25 bits per heavy atom. The zero-order chi connectivity index (χ0) is 8.39. The molecule has 64 valence electrons. The van der Waals surface area contributed by atoms with Crippen LogP contribution in [0.1, 0.15) is 32.1 Å². The summed E-state index contributed by atoms with van der Waals surface area (Å²) < 4.78 is 0. The minimum Gasteiger partial charge on any atom is -0.290 e. The standard InChI is InChI=1S/C11H14O/c12-11-8-3-1-2-5-9-6-4-7-10(9)11/h3,7-9H,1-2,4-6H2/b8-3-. The average molecular weight is 162 g/mol. The molecule has 0 saturated carbocycles. The maximum atomic E-state index is 11.5. The molecule has 2 aliphatic rings. The van der Waals surface area contributed by atoms with E-state index in [0.717, 1.165) is 18.4 Å². The number of hydrogen-bond acceptors (Lipinski definition) is 1. The van der Waals surface area contributed by atoms with Crippen molar-refractivity contribution >= 4 is 5.78 Å². The molecule has 0 radical (unpaired) electrons. The summed E-state index contributed by atoms with van der Waals surface area (Å²) in [6.45, 7) is 0. The van der Waals surface area contributed by atoms with E-state index in [2.05, 4.69) is 6.08 Å². The van der Waals surface area contributed by atoms with Crippen molar-refractivity contribution in [1.29, 1.82) is 0 Å². The van der Waals surface area contributed by atoms with Crippen molar-refractivity contribution in [1.82, 2.24) is 0 Å². The van der Waals surface area contributed by atoms with Crippen LogP contribution in [0, 0.1) is 5.92 Å². The molecule has 1 atom stereocenters. The number of ketones is 1. The van der Waals surface area contributed by atoms with Gasteiger partial charge in [-0.2, -0.15) is 0 Å². The van der Waals surface area contributed by atoms with E-state index in [1.165, 1.54) is 19.3 Å². The van der Waals surface area contributed by atoms with Gasteiger partial charge in [-0.25, -0.2) is 0 Å². The topological polar surface area (TPSA) is 17.1 Å². The summed E-state index contributed by atoms with van der Waals surface area (Å²) in [7, 11) is 0. The SMILES string of the molecule is O=C1/C=C\CCCC2CCC=C12. The first kappa shape index (κ1) is 7.78. The van der Waals surface area contributed by atoms with Crippen LogP contribution >= 0.6 is 0 Å². The van der Waals surface area contributed by atoms with Crippen LogP contribution in [0.15, 0.2) is 23.8 Å². The second kappa shape index (κ2) is 3.26. The summed E-state index contributed by atoms with van der Waals surface area (Å²) in [4.78, 5) is 11.5. The van der Waals surface area contributed by atoms with Crippen molar-refractivity contribution in [2.24, 2.45) is 5.92 Å². The van der Waals surface area contributed by atoms with Crippen molar-refractivity contribution in [3.05, 3.63) is 23.8 Å². The maximum Gasteiger partial charge on any atom is 0.181 e. The minimum atomic E-state index is 0.261. The Balaban J connectivity index is 2.22. The van der Waals surface area contributed by atoms with Crippen LogP contribution in [-0.2, 0) is 4.79 Å². The second-order valence-corrected chi connectivity index (χ2v) is 3.63. The van der Waals surface area contributed by atoms with Crippen LogP contribution in [0.4, 0.5) is 0 Å². The molecule has 2 aliphatic carbocycles. The van der Waals surface area contributed by atoms with Gasteiger partial charge in [0.2, 0.25) is 0 Å². The van der Waals surface area contributed by atoms with E-state index in [-0.39, 0.29) is 5.78 Å². The Morgan fingerprint density at radius 3 is 3.08 bits per heavy atom. The van der Waals surface area contributed by atoms with Crippen molar-refractivity contribution < 1.29 is 4.79 Å². The highest BCUT2D eigenvalue weighted by Crippen LogP contribution is 2.32. The predicted octanol–water partition coefficient (Wildman–Crippen LogP) is 2.63. The Labute approximate surface area is 73.2 Å². The van der Waals surface area contributed by atoms with Gasteiger partial charge in [0.25, 0.3) is 0 Å². The van der Waals surface area contributed by atoms with Crippen LogP contribution in [0.2, 0.25) is 0 Å². The number of hydrogen-bond donors (Lipinski definition) is 0. The van der Waals surface area contributed by atoms with Gasteiger partial charge in [0.1, 0.15) is 0 Å². The average Bonchev–Trinajstić information content (AvgIpc) is 2.47. The third kappa shape index (κ3) is 1.36. The molecule has 0 fully saturated rings. The molecule has 0 saturated heterocycles. The van der Waals surface area contributed by atoms with Crippen molar-refractivity contribution in [3.63, 3.8) is 0 Å². The van der Waals surface area contributed by atoms with E-state index in [4.69, 9.17) is 0 Å². The minimum absolute atomic E-state index is 0.261. The summed E-state index contributed by atoms with van der Waals surface area (Å²) in [6.07, 6.45) is 11.7. The lowest BCUT2D eigenvalue weighted by molar-refractivity contribution is -0.111. The number of carbonyl (C=O) groups excluding carboxylic acids is 1. The first-order valence-corrected chi connectivity index (χ1v) is 4.79. The molecule has 2 rings (SSSR count). The van der Waals surface area contributed by atoms with E-state index >= 15 is 0 Å². The van der Waals surface area contributed by atoms with E-state index in [1.807, 2.05) is 6.08 Å². The molecule has 0 aromatic rings. The van der Waals surface area contributed by atoms with Gasteiger partial charge in [-0.3, -0.25) is 4.79 Å². The molecule has 1 unspecified atom stereocenters. The van der Waals surface area contributed by atoms with Crippen LogP contribution < -0.4 is 0 Å². The normalized spacial score (nSPS) is 31.8. The molecular weight excluding hydrogens is 148 g/mol. The van der Waals surface area contributed by atoms with Gasteiger partial charge in [0.05, 0.1) is 0 Å². The smallest absolute Gasteiger partial charge is 0.181 e. The van der Waals surface area contributed by atoms with Crippen molar-refractivity contribution in [2.45, 2.75) is 32.1 Å². The molecular formula is C11H14O. The van der Waals surface area contributed by atoms with E-state index in [0.29, 0.717) is 5.92 Å². The highest BCUT2D eigenvalue weighted by Gasteiger charge is 2.23. The van der Waals surface area contributed by atoms with Gasteiger partial charge in [-0.05, 0) is 49.7 Å². The van der Waals surface area contributed by atoms with Crippen LogP contribution in [0.5, 0.6) is 0 Å². The van der Waals surface area contributed by atoms with Gasteiger partial charge in [0, 0.05) is 0 Å². The molecule has 12 heavy (non-hydrogen) atoms. The Hall–Kier alpha value is -0.850. The van der Waals surface area contributed by atoms with Crippen molar-refractivity contribution in [3.8, 4) is 0 Å². The Bertz CT molecular complexity index is 248. The van der Waals surface area contributed by atoms with Crippen LogP contribution in [-0.4, -0.2) is 5.78 Å². The Kier molecular flexibility index (Phi) is 2.11. The summed E-state index contributed by atoms with van der Waals surface area (Å²) in [5.41, 5.74) is 1.09. The second-order valence-electron chi connectivity index (χ2n) is 3.63. The van der Waals surface area contributed by atoms with E-state index in [1.54, 1.807) is 6.08 Å². The van der Waals surface area contributed by atoms with Gasteiger partial charge < -0.3 is 0 Å². The molecule has 0 spiro atoms. The van der Waals surface area contributed by atoms with E-state index in [9.17, 15) is 4.79 Å². The van der Waals surface area contributed by atoms with Gasteiger partial charge >= 0.3 is 0 Å². The fraction of sp³-hybridized carbons (Fsp3) is 0.545. The quantitative estimate of drug-likeness (QED) is 0.535. The first-order chi connectivity index (χ1) is 5.88. The van der Waals surface area contributed by atoms with E-state index < -0.39 is 0 Å². The molecule has 0 aromatic carbocycles. The number of rotatable bonds is 0. The monoisotopic (exact) mass is 162 g/mol. The molecule has 0 bridgehead atoms. The fourth-order valence-electron chi connectivity index (χ4n) is 2.13. The summed E-state index contributed by atoms with van der Waals surface area (Å²) in [5, 5.41) is 0. The summed E-state index contributed by atoms with van der Waals surface area (Å²) >= 11 is 0. The lowest BCUT2D eigenvalue weighted by Gasteiger charge is -2.13. The highest BCUT2D eigenvalue weighted by molar-refractivity contribution is 6.04. The largest absolute Gasteiger partial charge is 0.290 e. The molecule has 1 nitrogen and oxygen atoms in total. The van der Waals surface area contributed by atoms with Crippen molar-refractivity contribution in [2.75, 3.05) is 0 Å². The predicted molar refractivity (Wildman–Crippen MR) is 48.8 cm³/mol. The highest BCUT2D eigenvalue weighted by atomic mass is 16.1. The summed E-state index contributed by atoms with van der Waals surface area (Å²) in [6, 6.07) is 0. The number of allylic oxidation sites excluding steroid dienone is 4. The summed E-state index contributed by atoms with van der Waals surface area (Å²) in [5.74, 6) is 0.847. The molecule has 0 N–H and O–H groups in total. The maximum absolute atomic E-state index is 11.5. The zero-order valence-corrected chi connectivity index (χ0v) is 7.25. The van der Waals surface area contributed by atoms with Gasteiger partial charge in [-0.1, -0.05) is 12.2 Å². The molecule has 0 amide bonds. The van der Waals surface area contributed by atoms with Gasteiger partial charge in [-0.15, -0.1) is 0 Å². The lowest BCUT2D eigenvalue weighted by atomic mass is 9.90.